The molecule has 0 saturated heterocycles. The Morgan fingerprint density at radius 1 is 0.800 bits per heavy atom. The molecule has 0 aromatic heterocycles. The molecule has 0 radical (unpaired) electrons. The maximum Gasteiger partial charge on any atom is 0.228 e. The summed E-state index contributed by atoms with van der Waals surface area (Å²) in [6.45, 7) is 3.07. The molecular weight excluding hydrogens is 430 g/mol. The lowest BCUT2D eigenvalue weighted by Crippen LogP contribution is -2.32. The highest BCUT2D eigenvalue weighted by Crippen LogP contribution is 2.30. The van der Waals surface area contributed by atoms with Gasteiger partial charge in [0.2, 0.25) is 5.91 Å². The van der Waals surface area contributed by atoms with Crippen LogP contribution in [0.25, 0.3) is 6.08 Å². The minimum Gasteiger partial charge on any atom is -0.489 e. The number of rotatable bonds is 10. The first-order valence-electron chi connectivity index (χ1n) is 12.0. The van der Waals surface area contributed by atoms with Crippen LogP contribution in [0.4, 0.5) is 0 Å². The summed E-state index contributed by atoms with van der Waals surface area (Å²) in [5.74, 6) is 0.389. The van der Waals surface area contributed by atoms with E-state index in [0.717, 1.165) is 28.0 Å². The Morgan fingerprint density at radius 3 is 2.11 bits per heavy atom. The Hall–Kier alpha value is -4.11. The molecule has 0 spiro atoms. The fourth-order valence-corrected chi connectivity index (χ4v) is 4.07. The number of amides is 1. The van der Waals surface area contributed by atoms with Gasteiger partial charge in [-0.2, -0.15) is 0 Å². The second-order valence-electron chi connectivity index (χ2n) is 8.66. The molecule has 35 heavy (non-hydrogen) atoms. The summed E-state index contributed by atoms with van der Waals surface area (Å²) in [6.07, 6.45) is 4.19. The normalized spacial score (nSPS) is 12.7. The zero-order chi connectivity index (χ0) is 24.3. The smallest absolute Gasteiger partial charge is 0.228 e. The largest absolute Gasteiger partial charge is 0.489 e. The fourth-order valence-electron chi connectivity index (χ4n) is 4.07. The lowest BCUT2D eigenvalue weighted by atomic mass is 9.85. The van der Waals surface area contributed by atoms with Gasteiger partial charge in [0.05, 0.1) is 5.92 Å². The first kappa shape index (κ1) is 24.0. The van der Waals surface area contributed by atoms with Gasteiger partial charge in [-0.15, -0.1) is 0 Å². The van der Waals surface area contributed by atoms with Crippen molar-refractivity contribution >= 4 is 12.0 Å². The highest BCUT2D eigenvalue weighted by atomic mass is 16.5. The molecule has 0 aliphatic rings. The van der Waals surface area contributed by atoms with Crippen LogP contribution in [-0.2, 0) is 17.9 Å². The number of hydrogen-bond donors (Lipinski definition) is 1. The van der Waals surface area contributed by atoms with E-state index in [1.165, 1.54) is 0 Å². The molecule has 3 nitrogen and oxygen atoms in total. The predicted molar refractivity (Wildman–Crippen MR) is 143 cm³/mol. The third-order valence-corrected chi connectivity index (χ3v) is 5.98. The van der Waals surface area contributed by atoms with Crippen molar-refractivity contribution in [3.8, 4) is 5.75 Å². The number of allylic oxidation sites excluding steroid dienone is 1. The maximum absolute atomic E-state index is 13.5. The molecule has 4 aromatic rings. The zero-order valence-electron chi connectivity index (χ0n) is 20.0. The minimum atomic E-state index is -0.348. The van der Waals surface area contributed by atoms with Gasteiger partial charge >= 0.3 is 0 Å². The Morgan fingerprint density at radius 2 is 1.43 bits per heavy atom. The third-order valence-electron chi connectivity index (χ3n) is 5.98. The molecule has 0 aliphatic heterocycles. The SMILES string of the molecule is C[C@@H](/C=C/c1ccccc1)[C@H](C(=O)NCc1ccccc1)c1cccc(OCc2ccccc2)c1. The number of benzene rings is 4. The van der Waals surface area contributed by atoms with Crippen LogP contribution >= 0.6 is 0 Å². The lowest BCUT2D eigenvalue weighted by molar-refractivity contribution is -0.123. The molecule has 0 fully saturated rings. The quantitative estimate of drug-likeness (QED) is 0.276. The van der Waals surface area contributed by atoms with Crippen molar-refractivity contribution in [2.45, 2.75) is 26.0 Å². The van der Waals surface area contributed by atoms with Crippen molar-refractivity contribution in [2.75, 3.05) is 0 Å². The van der Waals surface area contributed by atoms with Crippen molar-refractivity contribution < 1.29 is 9.53 Å². The maximum atomic E-state index is 13.5. The van der Waals surface area contributed by atoms with Gasteiger partial charge in [-0.1, -0.05) is 122 Å². The third kappa shape index (κ3) is 7.18. The number of carbonyl (C=O) groups is 1. The molecule has 4 aromatic carbocycles. The van der Waals surface area contributed by atoms with Crippen LogP contribution in [0.2, 0.25) is 0 Å². The number of ether oxygens (including phenoxy) is 1. The van der Waals surface area contributed by atoms with E-state index in [1.807, 2.05) is 103 Å². The number of carbonyl (C=O) groups excluding carboxylic acids is 1. The molecule has 1 N–H and O–H groups in total. The Balaban J connectivity index is 1.54. The van der Waals surface area contributed by atoms with E-state index in [4.69, 9.17) is 4.74 Å². The summed E-state index contributed by atoms with van der Waals surface area (Å²) >= 11 is 0. The first-order chi connectivity index (χ1) is 17.2. The van der Waals surface area contributed by atoms with Crippen molar-refractivity contribution in [3.05, 3.63) is 144 Å². The number of nitrogens with one attached hydrogen (secondary N) is 1. The molecule has 0 unspecified atom stereocenters. The fraction of sp³-hybridized carbons (Fsp3) is 0.156. The van der Waals surface area contributed by atoms with Gasteiger partial charge < -0.3 is 10.1 Å². The van der Waals surface area contributed by atoms with E-state index < -0.39 is 0 Å². The average molecular weight is 462 g/mol. The van der Waals surface area contributed by atoms with Crippen LogP contribution in [0.15, 0.2) is 121 Å². The van der Waals surface area contributed by atoms with Gasteiger partial charge in [0.1, 0.15) is 12.4 Å². The Kier molecular flexibility index (Phi) is 8.50. The summed E-state index contributed by atoms with van der Waals surface area (Å²) < 4.78 is 6.05. The molecular formula is C32H31NO2. The molecule has 0 aliphatic carbocycles. The van der Waals surface area contributed by atoms with Gasteiger partial charge in [0.25, 0.3) is 0 Å². The Labute approximate surface area is 208 Å². The van der Waals surface area contributed by atoms with Crippen LogP contribution in [0.5, 0.6) is 5.75 Å². The van der Waals surface area contributed by atoms with E-state index in [0.29, 0.717) is 13.2 Å². The van der Waals surface area contributed by atoms with E-state index in [9.17, 15) is 4.79 Å². The van der Waals surface area contributed by atoms with Gasteiger partial charge in [0.15, 0.2) is 0 Å². The molecule has 4 rings (SSSR count). The molecule has 0 bridgehead atoms. The zero-order valence-corrected chi connectivity index (χ0v) is 20.0. The van der Waals surface area contributed by atoms with E-state index in [2.05, 4.69) is 36.5 Å². The van der Waals surface area contributed by atoms with Crippen molar-refractivity contribution in [1.29, 1.82) is 0 Å². The second kappa shape index (κ2) is 12.4. The predicted octanol–water partition coefficient (Wildman–Crippen LogP) is 7.02. The molecule has 1 amide bonds. The van der Waals surface area contributed by atoms with Gasteiger partial charge in [-0.25, -0.2) is 0 Å². The highest BCUT2D eigenvalue weighted by molar-refractivity contribution is 5.84. The average Bonchev–Trinajstić information content (AvgIpc) is 2.92. The van der Waals surface area contributed by atoms with Crippen LogP contribution in [0, 0.1) is 5.92 Å². The molecule has 0 heterocycles. The molecule has 176 valence electrons. The standard InChI is InChI=1S/C32H31NO2/c1-25(20-21-26-12-5-2-6-13-26)31(32(34)33-23-27-14-7-3-8-15-27)29-18-11-19-30(22-29)35-24-28-16-9-4-10-17-28/h2-22,25,31H,23-24H2,1H3,(H,33,34)/b21-20+/t25-,31-/m0/s1. The second-order valence-corrected chi connectivity index (χ2v) is 8.66. The van der Waals surface area contributed by atoms with Crippen molar-refractivity contribution in [3.63, 3.8) is 0 Å². The summed E-state index contributed by atoms with van der Waals surface area (Å²) in [5.41, 5.74) is 4.23. The van der Waals surface area contributed by atoms with Gasteiger partial charge in [-0.3, -0.25) is 4.79 Å². The van der Waals surface area contributed by atoms with E-state index >= 15 is 0 Å². The van der Waals surface area contributed by atoms with Gasteiger partial charge in [0, 0.05) is 6.54 Å². The van der Waals surface area contributed by atoms with Crippen LogP contribution in [0.3, 0.4) is 0 Å². The van der Waals surface area contributed by atoms with Crippen LogP contribution < -0.4 is 10.1 Å². The molecule has 2 atom stereocenters. The highest BCUT2D eigenvalue weighted by Gasteiger charge is 2.26. The van der Waals surface area contributed by atoms with E-state index in [1.54, 1.807) is 0 Å². The van der Waals surface area contributed by atoms with Crippen molar-refractivity contribution in [1.82, 2.24) is 5.32 Å². The summed E-state index contributed by atoms with van der Waals surface area (Å²) in [7, 11) is 0. The van der Waals surface area contributed by atoms with Crippen molar-refractivity contribution in [2.24, 2.45) is 5.92 Å². The molecule has 0 saturated carbocycles. The summed E-state index contributed by atoms with van der Waals surface area (Å²) in [4.78, 5) is 13.5. The first-order valence-corrected chi connectivity index (χ1v) is 12.0. The summed E-state index contributed by atoms with van der Waals surface area (Å²) in [5, 5.41) is 3.14. The minimum absolute atomic E-state index is 0.000672. The lowest BCUT2D eigenvalue weighted by Gasteiger charge is -2.22. The number of hydrogen-bond acceptors (Lipinski definition) is 2. The molecule has 3 heteroatoms. The van der Waals surface area contributed by atoms with Crippen LogP contribution in [-0.4, -0.2) is 5.91 Å². The van der Waals surface area contributed by atoms with Gasteiger partial charge in [-0.05, 0) is 40.3 Å². The monoisotopic (exact) mass is 461 g/mol. The van der Waals surface area contributed by atoms with E-state index in [-0.39, 0.29) is 17.7 Å². The summed E-state index contributed by atoms with van der Waals surface area (Å²) in [6, 6.07) is 38.1. The Bertz CT molecular complexity index is 1220. The topological polar surface area (TPSA) is 38.3 Å². The van der Waals surface area contributed by atoms with Crippen LogP contribution in [0.1, 0.15) is 35.1 Å².